The van der Waals surface area contributed by atoms with E-state index < -0.39 is 0 Å². The Morgan fingerprint density at radius 2 is 1.92 bits per heavy atom. The van der Waals surface area contributed by atoms with E-state index in [-0.39, 0.29) is 0 Å². The maximum Gasteiger partial charge on any atom is 0.0577 e. The molecule has 1 saturated carbocycles. The smallest absolute Gasteiger partial charge is 0.0577 e. The Morgan fingerprint density at radius 1 is 1.16 bits per heavy atom. The minimum Gasteiger partial charge on any atom is -0.300 e. The number of aryl methyl sites for hydroxylation is 1. The fourth-order valence-electron chi connectivity index (χ4n) is 3.90. The van der Waals surface area contributed by atoms with Crippen LogP contribution in [-0.2, 0) is 7.05 Å². The molecule has 0 spiro atoms. The average molecular weight is 333 g/mol. The lowest BCUT2D eigenvalue weighted by Crippen LogP contribution is -2.43. The highest BCUT2D eigenvalue weighted by atomic mass is 15.3. The molecule has 1 aliphatic heterocycles. The predicted molar refractivity (Wildman–Crippen MR) is 102 cm³/mol. The molecule has 0 N–H and O–H groups in total. The third-order valence-electron chi connectivity index (χ3n) is 6.02. The van der Waals surface area contributed by atoms with Gasteiger partial charge in [0.05, 0.1) is 6.20 Å². The minimum absolute atomic E-state index is 0.880. The molecule has 0 aromatic carbocycles. The lowest BCUT2D eigenvalue weighted by atomic mass is 9.88. The van der Waals surface area contributed by atoms with E-state index in [0.29, 0.717) is 0 Å². The van der Waals surface area contributed by atoms with Gasteiger partial charge in [0.2, 0.25) is 0 Å². The largest absolute Gasteiger partial charge is 0.300 e. The van der Waals surface area contributed by atoms with E-state index >= 15 is 0 Å². The summed E-state index contributed by atoms with van der Waals surface area (Å²) in [6.45, 7) is 6.73. The van der Waals surface area contributed by atoms with E-state index in [1.807, 2.05) is 17.9 Å². The summed E-state index contributed by atoms with van der Waals surface area (Å²) in [6, 6.07) is 0.880. The molecule has 2 aliphatic carbocycles. The monoisotopic (exact) mass is 333 g/mol. The van der Waals surface area contributed by atoms with Crippen molar-refractivity contribution >= 4 is 5.57 Å². The zero-order valence-corrected chi connectivity index (χ0v) is 15.6. The minimum atomic E-state index is 0.880. The molecule has 0 amide bonds. The van der Waals surface area contributed by atoms with Gasteiger partial charge in [0.15, 0.2) is 0 Å². The van der Waals surface area contributed by atoms with Crippen molar-refractivity contribution < 1.29 is 0 Å². The first-order valence-corrected chi connectivity index (χ1v) is 9.49. The summed E-state index contributed by atoms with van der Waals surface area (Å²) < 4.78 is 1.91. The predicted octanol–water partition coefficient (Wildman–Crippen LogP) is 4.33. The Bertz CT molecular complexity index is 838. The molecule has 4 rings (SSSR count). The summed E-state index contributed by atoms with van der Waals surface area (Å²) in [7, 11) is 1.98. The molecular weight excluding hydrogens is 306 g/mol. The van der Waals surface area contributed by atoms with Gasteiger partial charge in [-0.2, -0.15) is 5.10 Å². The van der Waals surface area contributed by atoms with Gasteiger partial charge in [-0.15, -0.1) is 0 Å². The van der Waals surface area contributed by atoms with Crippen LogP contribution in [0.3, 0.4) is 0 Å². The van der Waals surface area contributed by atoms with Gasteiger partial charge in [0.1, 0.15) is 0 Å². The van der Waals surface area contributed by atoms with Crippen LogP contribution in [0.15, 0.2) is 46.5 Å². The van der Waals surface area contributed by atoms with E-state index in [0.717, 1.165) is 17.2 Å². The summed E-state index contributed by atoms with van der Waals surface area (Å²) in [4.78, 5) is 2.69. The summed E-state index contributed by atoms with van der Waals surface area (Å²) in [5.41, 5.74) is 14.2. The van der Waals surface area contributed by atoms with Crippen LogP contribution in [0.2, 0.25) is 0 Å². The van der Waals surface area contributed by atoms with Gasteiger partial charge >= 0.3 is 0 Å². The van der Waals surface area contributed by atoms with Gasteiger partial charge in [-0.3, -0.25) is 9.58 Å². The van der Waals surface area contributed by atoms with Crippen molar-refractivity contribution in [3.05, 3.63) is 57.8 Å². The molecular formula is C22H27N3. The number of rotatable bonds is 3. The maximum absolute atomic E-state index is 4.34. The molecule has 1 saturated heterocycles. The Labute approximate surface area is 150 Å². The highest BCUT2D eigenvalue weighted by Crippen LogP contribution is 2.30. The van der Waals surface area contributed by atoms with Crippen molar-refractivity contribution in [2.45, 2.75) is 52.0 Å². The van der Waals surface area contributed by atoms with Gasteiger partial charge in [0.25, 0.3) is 0 Å². The lowest BCUT2D eigenvalue weighted by molar-refractivity contribution is 0.118. The van der Waals surface area contributed by atoms with Crippen LogP contribution in [0.1, 0.15) is 50.3 Å². The van der Waals surface area contributed by atoms with Crippen LogP contribution in [-0.4, -0.2) is 33.8 Å². The first-order chi connectivity index (χ1) is 12.1. The summed E-state index contributed by atoms with van der Waals surface area (Å²) in [5.74, 6) is 0. The second-order valence-corrected chi connectivity index (χ2v) is 7.60. The molecule has 0 bridgehead atoms. The second kappa shape index (κ2) is 6.69. The second-order valence-electron chi connectivity index (χ2n) is 7.60. The van der Waals surface area contributed by atoms with E-state index in [2.05, 4.69) is 47.5 Å². The Kier molecular flexibility index (Phi) is 4.39. The van der Waals surface area contributed by atoms with E-state index in [1.54, 1.807) is 5.57 Å². The summed E-state index contributed by atoms with van der Waals surface area (Å²) >= 11 is 0. The van der Waals surface area contributed by atoms with Crippen LogP contribution in [0.5, 0.6) is 0 Å². The molecule has 2 heterocycles. The molecule has 0 unspecified atom stereocenters. The number of likely N-dealkylation sites (tertiary alicyclic amines) is 1. The highest BCUT2D eigenvalue weighted by molar-refractivity contribution is 5.77. The Balaban J connectivity index is 1.53. The fraction of sp³-hybridized carbons (Fsp3) is 0.500. The highest BCUT2D eigenvalue weighted by Gasteiger charge is 2.26. The molecule has 3 nitrogen and oxygen atoms in total. The summed E-state index contributed by atoms with van der Waals surface area (Å²) in [5, 5.41) is 4.34. The molecule has 1 aromatic heterocycles. The zero-order chi connectivity index (χ0) is 17.4. The number of hydrogen-bond donors (Lipinski definition) is 0. The molecule has 0 radical (unpaired) electrons. The van der Waals surface area contributed by atoms with Crippen molar-refractivity contribution in [2.75, 3.05) is 13.1 Å². The number of aromatic nitrogens is 2. The normalized spacial score (nSPS) is 21.6. The molecule has 3 aliphatic rings. The van der Waals surface area contributed by atoms with Crippen LogP contribution >= 0.6 is 0 Å². The molecule has 3 heteroatoms. The van der Waals surface area contributed by atoms with Crippen molar-refractivity contribution in [1.82, 2.24) is 14.7 Å². The third-order valence-corrected chi connectivity index (χ3v) is 6.02. The van der Waals surface area contributed by atoms with Crippen LogP contribution < -0.4 is 0 Å². The van der Waals surface area contributed by atoms with E-state index in [9.17, 15) is 0 Å². The van der Waals surface area contributed by atoms with Crippen LogP contribution in [0.25, 0.3) is 5.57 Å². The zero-order valence-electron chi connectivity index (χ0n) is 15.6. The fourth-order valence-corrected chi connectivity index (χ4v) is 3.90. The Morgan fingerprint density at radius 3 is 2.48 bits per heavy atom. The van der Waals surface area contributed by atoms with Crippen molar-refractivity contribution in [1.29, 1.82) is 0 Å². The molecule has 0 atom stereocenters. The average Bonchev–Trinajstić information content (AvgIpc) is 2.89. The molecule has 1 aromatic rings. The lowest BCUT2D eigenvalue weighted by Gasteiger charge is -2.40. The van der Waals surface area contributed by atoms with Gasteiger partial charge < -0.3 is 0 Å². The topological polar surface area (TPSA) is 21.1 Å². The first kappa shape index (κ1) is 16.4. The molecule has 2 fully saturated rings. The standard InChI is InChI=1S/C22H27N3/c1-16-13-20(22-15-23-24(3)17(22)2)8-7-19(16)14-18-9-11-25(12-10-18)21-5-4-6-21/h13-15,21H,4-6,9-12H2,1-3H3. The van der Waals surface area contributed by atoms with Gasteiger partial charge in [-0.1, -0.05) is 23.5 Å². The van der Waals surface area contributed by atoms with Gasteiger partial charge in [0, 0.05) is 48.6 Å². The molecule has 25 heavy (non-hydrogen) atoms. The van der Waals surface area contributed by atoms with Crippen molar-refractivity contribution in [2.24, 2.45) is 7.05 Å². The number of allylic oxidation sites excluding steroid dienone is 5. The molecule has 130 valence electrons. The van der Waals surface area contributed by atoms with Crippen LogP contribution in [0, 0.1) is 6.92 Å². The Hall–Kier alpha value is -2.05. The maximum atomic E-state index is 4.34. The SMILES string of the molecule is CC1=CC(c2cnn(C)c2C)=C=C=C1C=C1CCN(C2CCC2)CC1. The summed E-state index contributed by atoms with van der Waals surface area (Å²) in [6.07, 6.45) is 13.1. The first-order valence-electron chi connectivity index (χ1n) is 9.49. The van der Waals surface area contributed by atoms with E-state index in [4.69, 9.17) is 0 Å². The van der Waals surface area contributed by atoms with Crippen molar-refractivity contribution in [3.63, 3.8) is 0 Å². The van der Waals surface area contributed by atoms with Crippen LogP contribution in [0.4, 0.5) is 0 Å². The number of hydrogen-bond acceptors (Lipinski definition) is 2. The van der Waals surface area contributed by atoms with Crippen molar-refractivity contribution in [3.8, 4) is 0 Å². The third kappa shape index (κ3) is 3.24. The van der Waals surface area contributed by atoms with Gasteiger partial charge in [-0.25, -0.2) is 0 Å². The quantitative estimate of drug-likeness (QED) is 0.768. The van der Waals surface area contributed by atoms with Gasteiger partial charge in [-0.05, 0) is 57.3 Å². The number of piperidine rings is 1. The number of nitrogens with zero attached hydrogens (tertiary/aromatic N) is 3. The van der Waals surface area contributed by atoms with E-state index in [1.165, 1.54) is 62.0 Å².